The van der Waals surface area contributed by atoms with Gasteiger partial charge in [0.25, 0.3) is 0 Å². The molecule has 2 fully saturated rings. The minimum absolute atomic E-state index is 0.0496. The molecule has 2 aliphatic heterocycles. The monoisotopic (exact) mass is 421 g/mol. The Labute approximate surface area is 184 Å². The molecule has 0 spiro atoms. The van der Waals surface area contributed by atoms with Gasteiger partial charge in [0.1, 0.15) is 11.4 Å². The second-order valence-corrected chi connectivity index (χ2v) is 9.61. The van der Waals surface area contributed by atoms with Crippen molar-refractivity contribution in [3.63, 3.8) is 0 Å². The summed E-state index contributed by atoms with van der Waals surface area (Å²) in [7, 11) is 0. The van der Waals surface area contributed by atoms with Crippen LogP contribution in [0.4, 0.5) is 4.79 Å². The van der Waals surface area contributed by atoms with Crippen molar-refractivity contribution in [2.75, 3.05) is 13.2 Å². The maximum Gasteiger partial charge on any atom is 0.410 e. The van der Waals surface area contributed by atoms with Crippen LogP contribution in [0.1, 0.15) is 39.2 Å². The Balaban J connectivity index is 1.39. The molecule has 0 aliphatic carbocycles. The van der Waals surface area contributed by atoms with Gasteiger partial charge in [-0.25, -0.2) is 4.79 Å². The molecule has 2 aromatic carbocycles. The second kappa shape index (κ2) is 8.83. The molecule has 2 aliphatic rings. The predicted octanol–water partition coefficient (Wildman–Crippen LogP) is 4.88. The van der Waals surface area contributed by atoms with E-state index < -0.39 is 5.60 Å². The first-order chi connectivity index (χ1) is 14.8. The lowest BCUT2D eigenvalue weighted by molar-refractivity contribution is -0.131. The first-order valence-corrected chi connectivity index (χ1v) is 11.1. The molecule has 2 unspecified atom stereocenters. The third-order valence-corrected chi connectivity index (χ3v) is 6.02. The average molecular weight is 422 g/mol. The predicted molar refractivity (Wildman–Crippen MR) is 120 cm³/mol. The number of carbonyl (C=O) groups excluding carboxylic acids is 2. The zero-order valence-corrected chi connectivity index (χ0v) is 18.5. The van der Waals surface area contributed by atoms with Crippen molar-refractivity contribution in [1.82, 2.24) is 4.90 Å². The largest absolute Gasteiger partial charge is 0.444 e. The molecular formula is C26H31NO4. The highest BCUT2D eigenvalue weighted by atomic mass is 16.6. The number of hydrogen-bond donors (Lipinski definition) is 0. The number of amides is 1. The highest BCUT2D eigenvalue weighted by Gasteiger charge is 2.44. The van der Waals surface area contributed by atoms with Crippen molar-refractivity contribution in [3.8, 4) is 11.1 Å². The molecule has 164 valence electrons. The van der Waals surface area contributed by atoms with E-state index in [2.05, 4.69) is 24.3 Å². The Hall–Kier alpha value is -2.66. The van der Waals surface area contributed by atoms with Gasteiger partial charge in [-0.1, -0.05) is 54.6 Å². The fraction of sp³-hybridized carbons (Fsp3) is 0.462. The molecule has 5 nitrogen and oxygen atoms in total. The molecule has 4 rings (SSSR count). The maximum absolute atomic E-state index is 13.1. The summed E-state index contributed by atoms with van der Waals surface area (Å²) in [5.74, 6) is 0.194. The van der Waals surface area contributed by atoms with Gasteiger partial charge in [0.2, 0.25) is 0 Å². The molecule has 0 radical (unpaired) electrons. The van der Waals surface area contributed by atoms with Gasteiger partial charge >= 0.3 is 6.09 Å². The van der Waals surface area contributed by atoms with Crippen molar-refractivity contribution in [2.24, 2.45) is 5.92 Å². The van der Waals surface area contributed by atoms with Crippen LogP contribution in [-0.2, 0) is 20.7 Å². The molecule has 2 aromatic rings. The van der Waals surface area contributed by atoms with E-state index in [9.17, 15) is 9.59 Å². The van der Waals surface area contributed by atoms with Crippen molar-refractivity contribution >= 4 is 11.9 Å². The lowest BCUT2D eigenvalue weighted by Crippen LogP contribution is -2.60. The van der Waals surface area contributed by atoms with Gasteiger partial charge in [0.15, 0.2) is 0 Å². The third kappa shape index (κ3) is 5.16. The van der Waals surface area contributed by atoms with Crippen LogP contribution in [0.3, 0.4) is 0 Å². The quantitative estimate of drug-likeness (QED) is 0.706. The van der Waals surface area contributed by atoms with Crippen LogP contribution in [0.5, 0.6) is 0 Å². The van der Waals surface area contributed by atoms with Crippen molar-refractivity contribution in [1.29, 1.82) is 0 Å². The molecule has 31 heavy (non-hydrogen) atoms. The molecule has 2 saturated heterocycles. The van der Waals surface area contributed by atoms with Gasteiger partial charge in [-0.2, -0.15) is 0 Å². The first-order valence-electron chi connectivity index (χ1n) is 11.1. The summed E-state index contributed by atoms with van der Waals surface area (Å²) < 4.78 is 11.3. The Morgan fingerprint density at radius 2 is 1.52 bits per heavy atom. The third-order valence-electron chi connectivity index (χ3n) is 6.02. The fourth-order valence-corrected chi connectivity index (χ4v) is 4.58. The standard InChI is InChI=1S/C26H31NO4/c1-26(2,3)31-25(29)27-22-14-21(15-23(27)17-30-16-22)24(28)13-18-9-11-20(12-10-18)19-7-5-4-6-8-19/h4-12,21-23H,13-17H2,1-3H3. The zero-order valence-electron chi connectivity index (χ0n) is 18.5. The average Bonchev–Trinajstić information content (AvgIpc) is 2.72. The van der Waals surface area contributed by atoms with Crippen molar-refractivity contribution in [3.05, 3.63) is 60.2 Å². The van der Waals surface area contributed by atoms with E-state index in [1.54, 1.807) is 0 Å². The van der Waals surface area contributed by atoms with E-state index in [1.165, 1.54) is 5.56 Å². The molecule has 1 amide bonds. The number of carbonyl (C=O) groups is 2. The minimum atomic E-state index is -0.537. The summed E-state index contributed by atoms with van der Waals surface area (Å²) in [6.45, 7) is 6.54. The van der Waals surface area contributed by atoms with Crippen LogP contribution in [0.2, 0.25) is 0 Å². The normalized spacial score (nSPS) is 23.3. The minimum Gasteiger partial charge on any atom is -0.444 e. The van der Waals surface area contributed by atoms with Gasteiger partial charge in [-0.3, -0.25) is 9.69 Å². The lowest BCUT2D eigenvalue weighted by Gasteiger charge is -2.47. The maximum atomic E-state index is 13.1. The Bertz CT molecular complexity index is 903. The lowest BCUT2D eigenvalue weighted by atomic mass is 9.81. The zero-order chi connectivity index (χ0) is 22.0. The summed E-state index contributed by atoms with van der Waals surface area (Å²) in [6, 6.07) is 18.3. The highest BCUT2D eigenvalue weighted by molar-refractivity contribution is 5.84. The van der Waals surface area contributed by atoms with Gasteiger partial charge in [-0.05, 0) is 50.3 Å². The molecule has 0 N–H and O–H groups in total. The van der Waals surface area contributed by atoms with E-state index in [1.807, 2.05) is 56.0 Å². The molecule has 5 heteroatoms. The number of nitrogens with zero attached hydrogens (tertiary/aromatic N) is 1. The summed E-state index contributed by atoms with van der Waals surface area (Å²) in [6.07, 6.45) is 1.40. The number of morpholine rings is 1. The SMILES string of the molecule is CC(C)(C)OC(=O)N1C2COCC1CC(C(=O)Cc1ccc(-c3ccccc3)cc1)C2. The van der Waals surface area contributed by atoms with Gasteiger partial charge < -0.3 is 9.47 Å². The second-order valence-electron chi connectivity index (χ2n) is 9.61. The Kier molecular flexibility index (Phi) is 6.15. The molecule has 0 saturated carbocycles. The number of Topliss-reactive ketones (excluding diaryl/α,β-unsaturated/α-hetero) is 1. The van der Waals surface area contributed by atoms with Crippen molar-refractivity contribution in [2.45, 2.75) is 57.7 Å². The highest BCUT2D eigenvalue weighted by Crippen LogP contribution is 2.34. The van der Waals surface area contributed by atoms with Crippen LogP contribution in [-0.4, -0.2) is 47.7 Å². The molecule has 2 bridgehead atoms. The van der Waals surface area contributed by atoms with E-state index in [4.69, 9.17) is 9.47 Å². The van der Waals surface area contributed by atoms with Gasteiger partial charge in [-0.15, -0.1) is 0 Å². The van der Waals surface area contributed by atoms with Crippen LogP contribution in [0.15, 0.2) is 54.6 Å². The van der Waals surface area contributed by atoms with E-state index >= 15 is 0 Å². The van der Waals surface area contributed by atoms with Crippen LogP contribution < -0.4 is 0 Å². The molecular weight excluding hydrogens is 390 g/mol. The Morgan fingerprint density at radius 3 is 2.10 bits per heavy atom. The number of rotatable bonds is 4. The van der Waals surface area contributed by atoms with E-state index in [0.29, 0.717) is 32.5 Å². The van der Waals surface area contributed by atoms with Crippen LogP contribution >= 0.6 is 0 Å². The number of hydrogen-bond acceptors (Lipinski definition) is 4. The van der Waals surface area contributed by atoms with Gasteiger partial charge in [0, 0.05) is 12.3 Å². The molecule has 2 atom stereocenters. The summed E-state index contributed by atoms with van der Waals surface area (Å²) >= 11 is 0. The smallest absolute Gasteiger partial charge is 0.410 e. The number of benzene rings is 2. The first kappa shape index (κ1) is 21.6. The van der Waals surface area contributed by atoms with E-state index in [0.717, 1.165) is 11.1 Å². The van der Waals surface area contributed by atoms with E-state index in [-0.39, 0.29) is 29.9 Å². The number of ether oxygens (including phenoxy) is 2. The number of piperidine rings is 1. The number of fused-ring (bicyclic) bond motifs is 2. The fourth-order valence-electron chi connectivity index (χ4n) is 4.58. The summed E-state index contributed by atoms with van der Waals surface area (Å²) in [4.78, 5) is 27.6. The number of ketones is 1. The Morgan fingerprint density at radius 1 is 0.935 bits per heavy atom. The summed E-state index contributed by atoms with van der Waals surface area (Å²) in [5, 5.41) is 0. The van der Waals surface area contributed by atoms with Crippen LogP contribution in [0, 0.1) is 5.92 Å². The van der Waals surface area contributed by atoms with Crippen molar-refractivity contribution < 1.29 is 19.1 Å². The topological polar surface area (TPSA) is 55.8 Å². The summed E-state index contributed by atoms with van der Waals surface area (Å²) in [5.41, 5.74) is 2.81. The molecule has 0 aromatic heterocycles. The van der Waals surface area contributed by atoms with Gasteiger partial charge in [0.05, 0.1) is 25.3 Å². The molecule has 2 heterocycles. The van der Waals surface area contributed by atoms with Crippen LogP contribution in [0.25, 0.3) is 11.1 Å².